The lowest BCUT2D eigenvalue weighted by Crippen LogP contribution is -2.58. The van der Waals surface area contributed by atoms with Gasteiger partial charge in [0.05, 0.1) is 5.92 Å². The van der Waals surface area contributed by atoms with Gasteiger partial charge in [0, 0.05) is 0 Å². The van der Waals surface area contributed by atoms with Gasteiger partial charge >= 0.3 is 5.97 Å². The second-order valence-corrected chi connectivity index (χ2v) is 9.58. The van der Waals surface area contributed by atoms with E-state index in [9.17, 15) is 4.79 Å². The third-order valence-electron chi connectivity index (χ3n) is 6.40. The first-order chi connectivity index (χ1) is 9.67. The van der Waals surface area contributed by atoms with E-state index in [0.29, 0.717) is 11.8 Å². The van der Waals surface area contributed by atoms with Crippen LogP contribution in [0.4, 0.5) is 0 Å². The average Bonchev–Trinajstić information content (AvgIpc) is 2.33. The molecule has 1 unspecified atom stereocenters. The smallest absolute Gasteiger partial charge is 0.309 e. The van der Waals surface area contributed by atoms with E-state index >= 15 is 0 Å². The maximum absolute atomic E-state index is 12.6. The Morgan fingerprint density at radius 3 is 2.00 bits per heavy atom. The molecule has 0 aromatic rings. The molecule has 4 bridgehead atoms. The van der Waals surface area contributed by atoms with Gasteiger partial charge in [0.2, 0.25) is 0 Å². The number of carbonyl (C=O) groups excluding carboxylic acids is 1. The molecule has 0 aromatic carbocycles. The number of hydrogen-bond acceptors (Lipinski definition) is 2. The lowest BCUT2D eigenvalue weighted by molar-refractivity contribution is -0.207. The summed E-state index contributed by atoms with van der Waals surface area (Å²) in [6.07, 6.45) is 7.53. The zero-order valence-corrected chi connectivity index (χ0v) is 14.4. The van der Waals surface area contributed by atoms with Crippen LogP contribution in [0, 0.1) is 35.0 Å². The fourth-order valence-corrected chi connectivity index (χ4v) is 5.61. The Morgan fingerprint density at radius 2 is 1.57 bits per heavy atom. The van der Waals surface area contributed by atoms with Crippen LogP contribution >= 0.6 is 0 Å². The molecular weight excluding hydrogens is 260 g/mol. The highest BCUT2D eigenvalue weighted by atomic mass is 16.6. The molecule has 0 amide bonds. The van der Waals surface area contributed by atoms with Crippen LogP contribution in [0.5, 0.6) is 0 Å². The van der Waals surface area contributed by atoms with Gasteiger partial charge in [-0.05, 0) is 74.5 Å². The molecule has 0 aliphatic heterocycles. The molecule has 4 aliphatic carbocycles. The molecule has 4 saturated carbocycles. The minimum absolute atomic E-state index is 0.0130. The van der Waals surface area contributed by atoms with Gasteiger partial charge in [-0.3, -0.25) is 4.79 Å². The summed E-state index contributed by atoms with van der Waals surface area (Å²) in [4.78, 5) is 12.6. The molecule has 0 aromatic heterocycles. The first kappa shape index (κ1) is 15.4. The van der Waals surface area contributed by atoms with Crippen LogP contribution in [-0.2, 0) is 9.53 Å². The van der Waals surface area contributed by atoms with Crippen LogP contribution in [0.2, 0.25) is 0 Å². The standard InChI is InChI=1S/C19H32O2/c1-12(11-18(2,3)4)17(20)21-19(5)15-7-13-6-14(9-15)10-16(19)8-13/h12-16H,6-11H2,1-5H3. The Hall–Kier alpha value is -0.530. The van der Waals surface area contributed by atoms with Gasteiger partial charge in [-0.25, -0.2) is 0 Å². The van der Waals surface area contributed by atoms with Crippen molar-refractivity contribution < 1.29 is 9.53 Å². The summed E-state index contributed by atoms with van der Waals surface area (Å²) in [5, 5.41) is 0. The van der Waals surface area contributed by atoms with E-state index in [1.165, 1.54) is 32.1 Å². The predicted molar refractivity (Wildman–Crippen MR) is 84.8 cm³/mol. The summed E-state index contributed by atoms with van der Waals surface area (Å²) >= 11 is 0. The highest BCUT2D eigenvalue weighted by molar-refractivity contribution is 5.72. The second-order valence-electron chi connectivity index (χ2n) is 9.58. The Bertz CT molecular complexity index is 390. The molecule has 21 heavy (non-hydrogen) atoms. The minimum atomic E-state index is -0.170. The fourth-order valence-electron chi connectivity index (χ4n) is 5.61. The molecule has 0 N–H and O–H groups in total. The van der Waals surface area contributed by atoms with Crippen LogP contribution < -0.4 is 0 Å². The normalized spacial score (nSPS) is 42.9. The summed E-state index contributed by atoms with van der Waals surface area (Å²) in [5.74, 6) is 3.15. The zero-order chi connectivity index (χ0) is 15.4. The van der Waals surface area contributed by atoms with Gasteiger partial charge in [-0.2, -0.15) is 0 Å². The molecule has 0 saturated heterocycles. The number of carbonyl (C=O) groups is 1. The van der Waals surface area contributed by atoms with E-state index in [-0.39, 0.29) is 22.9 Å². The molecular formula is C19H32O2. The first-order valence-corrected chi connectivity index (χ1v) is 8.90. The average molecular weight is 292 g/mol. The van der Waals surface area contributed by atoms with Gasteiger partial charge in [-0.1, -0.05) is 27.7 Å². The molecule has 4 rings (SSSR count). The van der Waals surface area contributed by atoms with Crippen molar-refractivity contribution in [2.45, 2.75) is 78.7 Å². The van der Waals surface area contributed by atoms with Crippen molar-refractivity contribution in [2.75, 3.05) is 0 Å². The lowest BCUT2D eigenvalue weighted by Gasteiger charge is -2.59. The molecule has 0 spiro atoms. The first-order valence-electron chi connectivity index (χ1n) is 8.90. The van der Waals surface area contributed by atoms with Gasteiger partial charge in [0.25, 0.3) is 0 Å². The van der Waals surface area contributed by atoms with Crippen molar-refractivity contribution in [1.82, 2.24) is 0 Å². The van der Waals surface area contributed by atoms with E-state index < -0.39 is 0 Å². The number of ether oxygens (including phenoxy) is 1. The topological polar surface area (TPSA) is 26.3 Å². The maximum Gasteiger partial charge on any atom is 0.309 e. The molecule has 0 heterocycles. The van der Waals surface area contributed by atoms with E-state index in [1.807, 2.05) is 6.92 Å². The van der Waals surface area contributed by atoms with Crippen molar-refractivity contribution >= 4 is 5.97 Å². The van der Waals surface area contributed by atoms with Gasteiger partial charge in [-0.15, -0.1) is 0 Å². The van der Waals surface area contributed by atoms with Crippen molar-refractivity contribution in [3.05, 3.63) is 0 Å². The summed E-state index contributed by atoms with van der Waals surface area (Å²) in [5.41, 5.74) is 0.0139. The van der Waals surface area contributed by atoms with Gasteiger partial charge in [0.1, 0.15) is 5.60 Å². The molecule has 120 valence electrons. The SMILES string of the molecule is CC(CC(C)(C)C)C(=O)OC1(C)C2CC3CC(C2)CC1C3. The van der Waals surface area contributed by atoms with Crippen LogP contribution in [0.3, 0.4) is 0 Å². The van der Waals surface area contributed by atoms with E-state index in [1.54, 1.807) is 0 Å². The second kappa shape index (κ2) is 4.99. The van der Waals surface area contributed by atoms with E-state index in [2.05, 4.69) is 27.7 Å². The highest BCUT2D eigenvalue weighted by Crippen LogP contribution is 2.59. The summed E-state index contributed by atoms with van der Waals surface area (Å²) < 4.78 is 6.18. The van der Waals surface area contributed by atoms with E-state index in [4.69, 9.17) is 4.74 Å². The summed E-state index contributed by atoms with van der Waals surface area (Å²) in [6, 6.07) is 0. The Morgan fingerprint density at radius 1 is 1.10 bits per heavy atom. The van der Waals surface area contributed by atoms with Crippen LogP contribution in [0.15, 0.2) is 0 Å². The van der Waals surface area contributed by atoms with Crippen molar-refractivity contribution in [1.29, 1.82) is 0 Å². The number of hydrogen-bond donors (Lipinski definition) is 0. The summed E-state index contributed by atoms with van der Waals surface area (Å²) in [7, 11) is 0. The molecule has 1 atom stereocenters. The zero-order valence-electron chi connectivity index (χ0n) is 14.4. The van der Waals surface area contributed by atoms with Crippen LogP contribution in [-0.4, -0.2) is 11.6 Å². The van der Waals surface area contributed by atoms with Crippen LogP contribution in [0.1, 0.15) is 73.1 Å². The van der Waals surface area contributed by atoms with Crippen molar-refractivity contribution in [2.24, 2.45) is 35.0 Å². The van der Waals surface area contributed by atoms with Crippen LogP contribution in [0.25, 0.3) is 0 Å². The molecule has 2 nitrogen and oxygen atoms in total. The van der Waals surface area contributed by atoms with Crippen molar-refractivity contribution in [3.63, 3.8) is 0 Å². The number of rotatable bonds is 3. The monoisotopic (exact) mass is 292 g/mol. The largest absolute Gasteiger partial charge is 0.459 e. The third kappa shape index (κ3) is 2.87. The van der Waals surface area contributed by atoms with Gasteiger partial charge < -0.3 is 4.74 Å². The third-order valence-corrected chi connectivity index (χ3v) is 6.40. The van der Waals surface area contributed by atoms with Gasteiger partial charge in [0.15, 0.2) is 0 Å². The highest BCUT2D eigenvalue weighted by Gasteiger charge is 2.57. The quantitative estimate of drug-likeness (QED) is 0.697. The lowest BCUT2D eigenvalue weighted by atomic mass is 9.50. The maximum atomic E-state index is 12.6. The predicted octanol–water partition coefficient (Wildman–Crippen LogP) is 4.82. The minimum Gasteiger partial charge on any atom is -0.459 e. The summed E-state index contributed by atoms with van der Waals surface area (Å²) in [6.45, 7) is 10.9. The molecule has 4 fully saturated rings. The Balaban J connectivity index is 1.68. The number of esters is 1. The Kier molecular flexibility index (Phi) is 3.65. The fraction of sp³-hybridized carbons (Fsp3) is 0.947. The van der Waals surface area contributed by atoms with Crippen molar-refractivity contribution in [3.8, 4) is 0 Å². The van der Waals surface area contributed by atoms with E-state index in [0.717, 1.165) is 18.3 Å². The Labute approximate surface area is 130 Å². The molecule has 4 aliphatic rings. The molecule has 2 heteroatoms. The molecule has 0 radical (unpaired) electrons.